The molecule has 1 nitrogen and oxygen atoms in total. The summed E-state index contributed by atoms with van der Waals surface area (Å²) in [5.41, 5.74) is 0. The van der Waals surface area contributed by atoms with Crippen LogP contribution in [0.2, 0.25) is 0 Å². The Kier molecular flexibility index (Phi) is 7.55. The highest BCUT2D eigenvalue weighted by Crippen LogP contribution is 2.42. The van der Waals surface area contributed by atoms with E-state index in [2.05, 4.69) is 102 Å². The molecular formula is C22H31OPS. The highest BCUT2D eigenvalue weighted by atomic mass is 32.2. The van der Waals surface area contributed by atoms with Crippen molar-refractivity contribution >= 4 is 30.5 Å². The van der Waals surface area contributed by atoms with E-state index in [1.807, 2.05) is 11.8 Å². The van der Waals surface area contributed by atoms with E-state index in [9.17, 15) is 0 Å². The van der Waals surface area contributed by atoms with E-state index in [0.29, 0.717) is 11.2 Å². The second kappa shape index (κ2) is 9.21. The predicted molar refractivity (Wildman–Crippen MR) is 116 cm³/mol. The molecule has 0 unspecified atom stereocenters. The summed E-state index contributed by atoms with van der Waals surface area (Å²) in [4.78, 5) is 0. The van der Waals surface area contributed by atoms with Crippen molar-refractivity contribution in [3.63, 3.8) is 0 Å². The molecule has 0 spiro atoms. The summed E-state index contributed by atoms with van der Waals surface area (Å²) in [5, 5.41) is 3.02. The Morgan fingerprint density at radius 1 is 0.800 bits per heavy atom. The van der Waals surface area contributed by atoms with Crippen LogP contribution in [0.3, 0.4) is 0 Å². The lowest BCUT2D eigenvalue weighted by atomic mass is 10.1. The van der Waals surface area contributed by atoms with Crippen molar-refractivity contribution in [3.05, 3.63) is 60.7 Å². The summed E-state index contributed by atoms with van der Waals surface area (Å²) >= 11 is 2.04. The zero-order valence-electron chi connectivity index (χ0n) is 16.3. The van der Waals surface area contributed by atoms with Gasteiger partial charge in [0.2, 0.25) is 0 Å². The normalized spacial score (nSPS) is 14.7. The van der Waals surface area contributed by atoms with Crippen LogP contribution in [0.5, 0.6) is 0 Å². The number of hydrogen-bond donors (Lipinski definition) is 0. The first-order valence-corrected chi connectivity index (χ1v) is 11.2. The Morgan fingerprint density at radius 3 is 1.60 bits per heavy atom. The summed E-state index contributed by atoms with van der Waals surface area (Å²) in [6.07, 6.45) is 0.191. The summed E-state index contributed by atoms with van der Waals surface area (Å²) in [6, 6.07) is 21.3. The third-order valence-corrected chi connectivity index (χ3v) is 7.85. The quantitative estimate of drug-likeness (QED) is 0.550. The van der Waals surface area contributed by atoms with E-state index in [4.69, 9.17) is 4.52 Å². The Labute approximate surface area is 159 Å². The second-order valence-corrected chi connectivity index (χ2v) is 11.6. The van der Waals surface area contributed by atoms with Crippen molar-refractivity contribution in [2.24, 2.45) is 5.92 Å². The van der Waals surface area contributed by atoms with Crippen molar-refractivity contribution in [1.29, 1.82) is 0 Å². The van der Waals surface area contributed by atoms with Crippen molar-refractivity contribution in [1.82, 2.24) is 0 Å². The fourth-order valence-corrected chi connectivity index (χ4v) is 6.12. The van der Waals surface area contributed by atoms with Crippen LogP contribution in [-0.2, 0) is 4.52 Å². The third kappa shape index (κ3) is 6.44. The average molecular weight is 375 g/mol. The SMILES string of the molecule is CC(C)[C@@H](SC(C)(C)C)[C@H](C)OP(c1ccccc1)c1ccccc1. The van der Waals surface area contributed by atoms with Crippen LogP contribution in [0.25, 0.3) is 0 Å². The smallest absolute Gasteiger partial charge is 0.0922 e. The van der Waals surface area contributed by atoms with Crippen molar-refractivity contribution in [3.8, 4) is 0 Å². The summed E-state index contributed by atoms with van der Waals surface area (Å²) in [5.74, 6) is 0.572. The van der Waals surface area contributed by atoms with Crippen molar-refractivity contribution in [2.75, 3.05) is 0 Å². The van der Waals surface area contributed by atoms with E-state index in [0.717, 1.165) is 0 Å². The van der Waals surface area contributed by atoms with Gasteiger partial charge in [-0.2, -0.15) is 0 Å². The van der Waals surface area contributed by atoms with Crippen LogP contribution in [0, 0.1) is 5.92 Å². The number of benzene rings is 2. The lowest BCUT2D eigenvalue weighted by Gasteiger charge is -2.34. The van der Waals surface area contributed by atoms with Crippen molar-refractivity contribution < 1.29 is 4.52 Å². The predicted octanol–water partition coefficient (Wildman–Crippen LogP) is 6.00. The maximum atomic E-state index is 6.74. The molecule has 0 heterocycles. The van der Waals surface area contributed by atoms with Gasteiger partial charge >= 0.3 is 0 Å². The topological polar surface area (TPSA) is 9.23 Å². The molecule has 0 bridgehead atoms. The molecule has 136 valence electrons. The molecule has 2 aromatic rings. The molecular weight excluding hydrogens is 343 g/mol. The lowest BCUT2D eigenvalue weighted by molar-refractivity contribution is 0.227. The third-order valence-electron chi connectivity index (χ3n) is 3.86. The van der Waals surface area contributed by atoms with Gasteiger partial charge in [0.1, 0.15) is 0 Å². The van der Waals surface area contributed by atoms with E-state index < -0.39 is 8.15 Å². The zero-order valence-corrected chi connectivity index (χ0v) is 18.0. The van der Waals surface area contributed by atoms with Crippen LogP contribution in [0.4, 0.5) is 0 Å². The Hall–Kier alpha value is -0.820. The fraction of sp³-hybridized carbons (Fsp3) is 0.455. The average Bonchev–Trinajstić information content (AvgIpc) is 2.58. The molecule has 0 aliphatic heterocycles. The van der Waals surface area contributed by atoms with Gasteiger partial charge in [0.25, 0.3) is 0 Å². The van der Waals surface area contributed by atoms with Crippen LogP contribution >= 0.6 is 19.9 Å². The lowest BCUT2D eigenvalue weighted by Crippen LogP contribution is -2.32. The summed E-state index contributed by atoms with van der Waals surface area (Å²) in [7, 11) is -0.802. The molecule has 2 aromatic carbocycles. The summed E-state index contributed by atoms with van der Waals surface area (Å²) in [6.45, 7) is 13.7. The molecule has 0 saturated carbocycles. The maximum Gasteiger partial charge on any atom is 0.0922 e. The number of rotatable bonds is 7. The monoisotopic (exact) mass is 374 g/mol. The van der Waals surface area contributed by atoms with E-state index in [1.165, 1.54) is 10.6 Å². The molecule has 0 aromatic heterocycles. The molecule has 0 fully saturated rings. The van der Waals surface area contributed by atoms with Gasteiger partial charge in [-0.05, 0) is 12.8 Å². The molecule has 0 aliphatic carbocycles. The van der Waals surface area contributed by atoms with Crippen LogP contribution in [0.15, 0.2) is 60.7 Å². The molecule has 25 heavy (non-hydrogen) atoms. The fourth-order valence-electron chi connectivity index (χ4n) is 2.81. The Morgan fingerprint density at radius 2 is 1.24 bits per heavy atom. The summed E-state index contributed by atoms with van der Waals surface area (Å²) < 4.78 is 6.97. The first kappa shape index (κ1) is 20.5. The van der Waals surface area contributed by atoms with Gasteiger partial charge in [-0.3, -0.25) is 0 Å². The largest absolute Gasteiger partial charge is 0.346 e. The molecule has 3 heteroatoms. The second-order valence-electron chi connectivity index (χ2n) is 7.71. The molecule has 0 amide bonds. The van der Waals surface area contributed by atoms with Gasteiger partial charge in [-0.15, -0.1) is 11.8 Å². The first-order chi connectivity index (χ1) is 11.8. The zero-order chi connectivity index (χ0) is 18.4. The van der Waals surface area contributed by atoms with Crippen LogP contribution in [-0.4, -0.2) is 16.1 Å². The van der Waals surface area contributed by atoms with Gasteiger partial charge in [-0.25, -0.2) is 0 Å². The minimum Gasteiger partial charge on any atom is -0.346 e. The standard InChI is InChI=1S/C22H31OPS/c1-17(2)21(25-22(4,5)6)18(3)23-24(19-13-9-7-10-14-19)20-15-11-8-12-16-20/h7-18,21H,1-6H3/t18-,21+/m0/s1. The Balaban J connectivity index is 2.26. The maximum absolute atomic E-state index is 6.74. The molecule has 0 aliphatic rings. The van der Waals surface area contributed by atoms with Gasteiger partial charge < -0.3 is 4.52 Å². The van der Waals surface area contributed by atoms with Gasteiger partial charge in [0.15, 0.2) is 0 Å². The van der Waals surface area contributed by atoms with Gasteiger partial charge in [0, 0.05) is 20.6 Å². The number of thioether (sulfide) groups is 1. The molecule has 0 N–H and O–H groups in total. The Bertz CT molecular complexity index is 582. The molecule has 2 rings (SSSR count). The number of hydrogen-bond acceptors (Lipinski definition) is 2. The minimum absolute atomic E-state index is 0.191. The van der Waals surface area contributed by atoms with E-state index >= 15 is 0 Å². The van der Waals surface area contributed by atoms with E-state index in [1.54, 1.807) is 0 Å². The highest BCUT2D eigenvalue weighted by molar-refractivity contribution is 8.01. The first-order valence-electron chi connectivity index (χ1n) is 9.03. The van der Waals surface area contributed by atoms with Gasteiger partial charge in [-0.1, -0.05) is 95.3 Å². The van der Waals surface area contributed by atoms with E-state index in [-0.39, 0.29) is 10.9 Å². The minimum atomic E-state index is -0.802. The van der Waals surface area contributed by atoms with Crippen LogP contribution in [0.1, 0.15) is 41.5 Å². The van der Waals surface area contributed by atoms with Gasteiger partial charge in [0.05, 0.1) is 14.3 Å². The molecule has 0 radical (unpaired) electrons. The molecule has 2 atom stereocenters. The van der Waals surface area contributed by atoms with Crippen molar-refractivity contribution in [2.45, 2.75) is 57.6 Å². The molecule has 0 saturated heterocycles. The highest BCUT2D eigenvalue weighted by Gasteiger charge is 2.30. The van der Waals surface area contributed by atoms with Crippen LogP contribution < -0.4 is 10.6 Å².